The van der Waals surface area contributed by atoms with Gasteiger partial charge in [0.25, 0.3) is 0 Å². The monoisotopic (exact) mass is 257 g/mol. The minimum Gasteiger partial charge on any atom is -0.494 e. The summed E-state index contributed by atoms with van der Waals surface area (Å²) in [5.41, 5.74) is 9.69. The van der Waals surface area contributed by atoms with Crippen LogP contribution in [0.2, 0.25) is 0 Å². The van der Waals surface area contributed by atoms with Crippen LogP contribution in [0.25, 0.3) is 11.3 Å². The zero-order valence-corrected chi connectivity index (χ0v) is 11.6. The SMILES string of the molecule is CCCOc1ccc(-c2nnc(N)c(C)c2C)cc1. The van der Waals surface area contributed by atoms with Gasteiger partial charge in [-0.2, -0.15) is 0 Å². The van der Waals surface area contributed by atoms with E-state index in [1.165, 1.54) is 0 Å². The molecular formula is C15H19N3O. The lowest BCUT2D eigenvalue weighted by Crippen LogP contribution is -2.02. The maximum atomic E-state index is 5.75. The molecule has 0 spiro atoms. The van der Waals surface area contributed by atoms with Crippen LogP contribution < -0.4 is 10.5 Å². The Balaban J connectivity index is 2.30. The van der Waals surface area contributed by atoms with Crippen LogP contribution in [-0.2, 0) is 0 Å². The number of hydrogen-bond acceptors (Lipinski definition) is 4. The standard InChI is InChI=1S/C15H19N3O/c1-4-9-19-13-7-5-12(6-8-13)14-10(2)11(3)15(16)18-17-14/h5-8H,4,9H2,1-3H3,(H2,16,18). The number of hydrogen-bond donors (Lipinski definition) is 1. The molecule has 4 heteroatoms. The zero-order valence-electron chi connectivity index (χ0n) is 11.6. The molecule has 1 aromatic carbocycles. The van der Waals surface area contributed by atoms with Crippen LogP contribution in [0.5, 0.6) is 5.75 Å². The molecule has 1 aromatic heterocycles. The fraction of sp³-hybridized carbons (Fsp3) is 0.333. The van der Waals surface area contributed by atoms with Gasteiger partial charge in [-0.15, -0.1) is 10.2 Å². The molecule has 100 valence electrons. The Hall–Kier alpha value is -2.10. The second kappa shape index (κ2) is 5.69. The summed E-state index contributed by atoms with van der Waals surface area (Å²) in [7, 11) is 0. The minimum absolute atomic E-state index is 0.490. The molecule has 0 saturated heterocycles. The van der Waals surface area contributed by atoms with Crippen LogP contribution in [0.15, 0.2) is 24.3 Å². The van der Waals surface area contributed by atoms with Gasteiger partial charge in [0.15, 0.2) is 0 Å². The molecule has 2 aromatic rings. The van der Waals surface area contributed by atoms with Crippen molar-refractivity contribution in [3.8, 4) is 17.0 Å². The van der Waals surface area contributed by atoms with Crippen molar-refractivity contribution in [3.63, 3.8) is 0 Å². The first kappa shape index (κ1) is 13.3. The summed E-state index contributed by atoms with van der Waals surface area (Å²) in [5, 5.41) is 8.17. The largest absolute Gasteiger partial charge is 0.494 e. The van der Waals surface area contributed by atoms with Crippen molar-refractivity contribution < 1.29 is 4.74 Å². The van der Waals surface area contributed by atoms with Gasteiger partial charge < -0.3 is 10.5 Å². The maximum Gasteiger partial charge on any atom is 0.149 e. The number of rotatable bonds is 4. The number of anilines is 1. The van der Waals surface area contributed by atoms with Crippen molar-refractivity contribution in [3.05, 3.63) is 35.4 Å². The van der Waals surface area contributed by atoms with E-state index in [2.05, 4.69) is 17.1 Å². The highest BCUT2D eigenvalue weighted by atomic mass is 16.5. The molecule has 2 N–H and O–H groups in total. The number of nitrogen functional groups attached to an aromatic ring is 1. The smallest absolute Gasteiger partial charge is 0.149 e. The number of aromatic nitrogens is 2. The second-order valence-corrected chi connectivity index (χ2v) is 4.56. The molecule has 0 unspecified atom stereocenters. The van der Waals surface area contributed by atoms with E-state index in [1.807, 2.05) is 38.1 Å². The lowest BCUT2D eigenvalue weighted by Gasteiger charge is -2.09. The Morgan fingerprint density at radius 3 is 2.37 bits per heavy atom. The quantitative estimate of drug-likeness (QED) is 0.914. The Kier molecular flexibility index (Phi) is 4.00. The number of benzene rings is 1. The highest BCUT2D eigenvalue weighted by Gasteiger charge is 2.09. The van der Waals surface area contributed by atoms with Crippen LogP contribution in [0.4, 0.5) is 5.82 Å². The third-order valence-corrected chi connectivity index (χ3v) is 3.16. The van der Waals surface area contributed by atoms with Crippen molar-refractivity contribution in [1.29, 1.82) is 0 Å². The normalized spacial score (nSPS) is 10.5. The van der Waals surface area contributed by atoms with E-state index in [4.69, 9.17) is 10.5 Å². The third-order valence-electron chi connectivity index (χ3n) is 3.16. The van der Waals surface area contributed by atoms with Crippen molar-refractivity contribution in [2.75, 3.05) is 12.3 Å². The summed E-state index contributed by atoms with van der Waals surface area (Å²) in [6.07, 6.45) is 1.00. The van der Waals surface area contributed by atoms with E-state index in [0.717, 1.165) is 41.2 Å². The van der Waals surface area contributed by atoms with Crippen molar-refractivity contribution >= 4 is 5.82 Å². The molecule has 0 aliphatic rings. The highest BCUT2D eigenvalue weighted by Crippen LogP contribution is 2.26. The van der Waals surface area contributed by atoms with E-state index in [9.17, 15) is 0 Å². The maximum absolute atomic E-state index is 5.75. The summed E-state index contributed by atoms with van der Waals surface area (Å²) in [6.45, 7) is 6.79. The molecule has 0 fully saturated rings. The Morgan fingerprint density at radius 1 is 1.05 bits per heavy atom. The Morgan fingerprint density at radius 2 is 1.74 bits per heavy atom. The molecule has 0 atom stereocenters. The molecule has 0 aliphatic carbocycles. The topological polar surface area (TPSA) is 61.0 Å². The fourth-order valence-corrected chi connectivity index (χ4v) is 1.83. The summed E-state index contributed by atoms with van der Waals surface area (Å²) in [4.78, 5) is 0. The van der Waals surface area contributed by atoms with E-state index < -0.39 is 0 Å². The minimum atomic E-state index is 0.490. The van der Waals surface area contributed by atoms with Gasteiger partial charge in [-0.05, 0) is 55.7 Å². The van der Waals surface area contributed by atoms with Gasteiger partial charge in [-0.25, -0.2) is 0 Å². The predicted octanol–water partition coefficient (Wildman–Crippen LogP) is 3.13. The van der Waals surface area contributed by atoms with Crippen molar-refractivity contribution in [1.82, 2.24) is 10.2 Å². The highest BCUT2D eigenvalue weighted by molar-refractivity contribution is 5.66. The summed E-state index contributed by atoms with van der Waals surface area (Å²) in [6, 6.07) is 7.91. The lowest BCUT2D eigenvalue weighted by molar-refractivity contribution is 0.317. The first-order valence-corrected chi connectivity index (χ1v) is 6.46. The Bertz CT molecular complexity index is 564. The number of nitrogens with two attached hydrogens (primary N) is 1. The van der Waals surface area contributed by atoms with Crippen LogP contribution in [-0.4, -0.2) is 16.8 Å². The molecular weight excluding hydrogens is 238 g/mol. The zero-order chi connectivity index (χ0) is 13.8. The predicted molar refractivity (Wildman–Crippen MR) is 77.1 cm³/mol. The second-order valence-electron chi connectivity index (χ2n) is 4.56. The fourth-order valence-electron chi connectivity index (χ4n) is 1.83. The van der Waals surface area contributed by atoms with Crippen LogP contribution >= 0.6 is 0 Å². The molecule has 0 radical (unpaired) electrons. The van der Waals surface area contributed by atoms with Crippen LogP contribution in [0, 0.1) is 13.8 Å². The molecule has 1 heterocycles. The molecule has 2 rings (SSSR count). The van der Waals surface area contributed by atoms with E-state index >= 15 is 0 Å². The molecule has 0 saturated carbocycles. The molecule has 0 aliphatic heterocycles. The van der Waals surface area contributed by atoms with Crippen molar-refractivity contribution in [2.24, 2.45) is 0 Å². The van der Waals surface area contributed by atoms with Crippen LogP contribution in [0.1, 0.15) is 24.5 Å². The number of nitrogens with zero attached hydrogens (tertiary/aromatic N) is 2. The van der Waals surface area contributed by atoms with Crippen LogP contribution in [0.3, 0.4) is 0 Å². The third kappa shape index (κ3) is 2.84. The summed E-state index contributed by atoms with van der Waals surface area (Å²) < 4.78 is 5.56. The van der Waals surface area contributed by atoms with E-state index in [-0.39, 0.29) is 0 Å². The van der Waals surface area contributed by atoms with Gasteiger partial charge in [0.05, 0.1) is 12.3 Å². The molecule has 4 nitrogen and oxygen atoms in total. The average Bonchev–Trinajstić information content (AvgIpc) is 2.44. The van der Waals surface area contributed by atoms with Gasteiger partial charge >= 0.3 is 0 Å². The van der Waals surface area contributed by atoms with Gasteiger partial charge in [0, 0.05) is 5.56 Å². The lowest BCUT2D eigenvalue weighted by atomic mass is 10.0. The van der Waals surface area contributed by atoms with Gasteiger partial charge in [0.1, 0.15) is 11.6 Å². The van der Waals surface area contributed by atoms with Gasteiger partial charge in [-0.1, -0.05) is 6.92 Å². The van der Waals surface area contributed by atoms with Gasteiger partial charge in [-0.3, -0.25) is 0 Å². The molecule has 0 bridgehead atoms. The first-order chi connectivity index (χ1) is 9.13. The average molecular weight is 257 g/mol. The summed E-state index contributed by atoms with van der Waals surface area (Å²) >= 11 is 0. The molecule has 0 amide bonds. The van der Waals surface area contributed by atoms with E-state index in [1.54, 1.807) is 0 Å². The molecule has 19 heavy (non-hydrogen) atoms. The van der Waals surface area contributed by atoms with Crippen molar-refractivity contribution in [2.45, 2.75) is 27.2 Å². The first-order valence-electron chi connectivity index (χ1n) is 6.46. The number of ether oxygens (including phenoxy) is 1. The summed E-state index contributed by atoms with van der Waals surface area (Å²) in [5.74, 6) is 1.37. The van der Waals surface area contributed by atoms with Gasteiger partial charge in [0.2, 0.25) is 0 Å². The van der Waals surface area contributed by atoms with E-state index in [0.29, 0.717) is 5.82 Å². The Labute approximate surface area is 113 Å².